The number of aromatic carboxylic acids is 1. The minimum atomic E-state index is -1.01. The number of benzene rings is 1. The molecule has 20 heavy (non-hydrogen) atoms. The molecule has 2 aromatic rings. The molecule has 1 unspecified atom stereocenters. The van der Waals surface area contributed by atoms with Gasteiger partial charge < -0.3 is 9.52 Å². The van der Waals surface area contributed by atoms with Crippen molar-refractivity contribution in [2.75, 3.05) is 7.05 Å². The molecule has 1 heterocycles. The first-order valence-electron chi connectivity index (χ1n) is 6.85. The van der Waals surface area contributed by atoms with Crippen LogP contribution in [0.25, 0.3) is 11.0 Å². The molecule has 0 amide bonds. The summed E-state index contributed by atoms with van der Waals surface area (Å²) in [5, 5.41) is 10.2. The van der Waals surface area contributed by atoms with Crippen LogP contribution in [0.1, 0.15) is 36.9 Å². The molecule has 0 aliphatic carbocycles. The maximum Gasteiger partial charge on any atom is 0.372 e. The van der Waals surface area contributed by atoms with Crippen molar-refractivity contribution in [2.45, 2.75) is 33.4 Å². The number of hydrogen-bond acceptors (Lipinski definition) is 3. The Kier molecular flexibility index (Phi) is 4.14. The van der Waals surface area contributed by atoms with E-state index >= 15 is 0 Å². The molecule has 0 bridgehead atoms. The normalized spacial score (nSPS) is 13.3. The second kappa shape index (κ2) is 5.67. The maximum atomic E-state index is 11.4. The topological polar surface area (TPSA) is 53.7 Å². The first kappa shape index (κ1) is 14.6. The summed E-state index contributed by atoms with van der Waals surface area (Å²) < 4.78 is 5.48. The predicted octanol–water partition coefficient (Wildman–Crippen LogP) is 3.61. The van der Waals surface area contributed by atoms with E-state index in [-0.39, 0.29) is 5.76 Å². The van der Waals surface area contributed by atoms with Gasteiger partial charge in [0.2, 0.25) is 5.76 Å². The smallest absolute Gasteiger partial charge is 0.372 e. The van der Waals surface area contributed by atoms with Gasteiger partial charge in [-0.15, -0.1) is 0 Å². The lowest BCUT2D eigenvalue weighted by Crippen LogP contribution is -2.33. The fraction of sp³-hybridized carbons (Fsp3) is 0.438. The number of carboxylic acid groups (broad SMARTS) is 1. The van der Waals surface area contributed by atoms with E-state index in [9.17, 15) is 9.90 Å². The fourth-order valence-electron chi connectivity index (χ4n) is 2.33. The predicted molar refractivity (Wildman–Crippen MR) is 78.9 cm³/mol. The van der Waals surface area contributed by atoms with Crippen molar-refractivity contribution in [3.05, 3.63) is 35.6 Å². The van der Waals surface area contributed by atoms with E-state index in [2.05, 4.69) is 25.7 Å². The highest BCUT2D eigenvalue weighted by Gasteiger charge is 2.22. The number of hydrogen-bond donors (Lipinski definition) is 1. The van der Waals surface area contributed by atoms with E-state index in [4.69, 9.17) is 4.42 Å². The van der Waals surface area contributed by atoms with Crippen LogP contribution < -0.4 is 0 Å². The zero-order valence-electron chi connectivity index (χ0n) is 12.4. The van der Waals surface area contributed by atoms with Crippen molar-refractivity contribution in [1.82, 2.24) is 4.90 Å². The summed E-state index contributed by atoms with van der Waals surface area (Å²) in [6.07, 6.45) is 0. The van der Waals surface area contributed by atoms with Gasteiger partial charge in [0.05, 0.1) is 0 Å². The third kappa shape index (κ3) is 2.70. The van der Waals surface area contributed by atoms with Gasteiger partial charge in [0.1, 0.15) is 5.58 Å². The molecule has 4 nitrogen and oxygen atoms in total. The molecule has 0 saturated carbocycles. The summed E-state index contributed by atoms with van der Waals surface area (Å²) in [4.78, 5) is 13.5. The lowest BCUT2D eigenvalue weighted by Gasteiger charge is -2.27. The van der Waals surface area contributed by atoms with E-state index in [0.717, 1.165) is 10.9 Å². The summed E-state index contributed by atoms with van der Waals surface area (Å²) in [6, 6.07) is 7.83. The third-order valence-electron chi connectivity index (χ3n) is 3.96. The van der Waals surface area contributed by atoms with Gasteiger partial charge in [0.25, 0.3) is 0 Å². The molecular weight excluding hydrogens is 254 g/mol. The first-order chi connectivity index (χ1) is 9.41. The average Bonchev–Trinajstić information content (AvgIpc) is 2.77. The third-order valence-corrected chi connectivity index (χ3v) is 3.96. The van der Waals surface area contributed by atoms with Crippen LogP contribution >= 0.6 is 0 Å². The van der Waals surface area contributed by atoms with Crippen LogP contribution in [-0.4, -0.2) is 29.1 Å². The van der Waals surface area contributed by atoms with Crippen LogP contribution in [0.3, 0.4) is 0 Å². The zero-order chi connectivity index (χ0) is 14.9. The molecule has 1 aromatic heterocycles. The van der Waals surface area contributed by atoms with Crippen LogP contribution in [0.5, 0.6) is 0 Å². The Morgan fingerprint density at radius 1 is 1.30 bits per heavy atom. The molecule has 0 fully saturated rings. The lowest BCUT2D eigenvalue weighted by atomic mass is 10.0. The Hall–Kier alpha value is -1.81. The molecule has 2 rings (SSSR count). The van der Waals surface area contributed by atoms with Crippen LogP contribution in [0, 0.1) is 5.92 Å². The highest BCUT2D eigenvalue weighted by atomic mass is 16.4. The summed E-state index contributed by atoms with van der Waals surface area (Å²) in [5.41, 5.74) is 1.38. The van der Waals surface area contributed by atoms with E-state index in [1.54, 1.807) is 6.07 Å². The van der Waals surface area contributed by atoms with Crippen molar-refractivity contribution in [1.29, 1.82) is 0 Å². The van der Waals surface area contributed by atoms with Gasteiger partial charge in [-0.3, -0.25) is 4.90 Å². The Labute approximate surface area is 119 Å². The molecule has 1 N–H and O–H groups in total. The number of carboxylic acids is 1. The maximum absolute atomic E-state index is 11.4. The van der Waals surface area contributed by atoms with Gasteiger partial charge in [0, 0.05) is 23.5 Å². The molecule has 4 heteroatoms. The quantitative estimate of drug-likeness (QED) is 0.905. The van der Waals surface area contributed by atoms with Gasteiger partial charge in [-0.1, -0.05) is 32.0 Å². The number of nitrogens with zero attached hydrogens (tertiary/aromatic N) is 1. The van der Waals surface area contributed by atoms with Gasteiger partial charge in [-0.05, 0) is 26.0 Å². The number of fused-ring (bicyclic) bond motifs is 1. The Balaban J connectivity index is 2.42. The highest BCUT2D eigenvalue weighted by molar-refractivity contribution is 5.95. The van der Waals surface area contributed by atoms with Crippen LogP contribution in [0.15, 0.2) is 28.7 Å². The fourth-order valence-corrected chi connectivity index (χ4v) is 2.33. The van der Waals surface area contributed by atoms with Crippen LogP contribution in [0.2, 0.25) is 0 Å². The van der Waals surface area contributed by atoms with Gasteiger partial charge in [0.15, 0.2) is 0 Å². The number of furan rings is 1. The summed E-state index contributed by atoms with van der Waals surface area (Å²) in [7, 11) is 2.01. The van der Waals surface area contributed by atoms with Gasteiger partial charge >= 0.3 is 5.97 Å². The van der Waals surface area contributed by atoms with E-state index in [1.807, 2.05) is 25.2 Å². The minimum Gasteiger partial charge on any atom is -0.475 e. The molecule has 0 spiro atoms. The molecule has 108 valence electrons. The highest BCUT2D eigenvalue weighted by Crippen LogP contribution is 2.27. The van der Waals surface area contributed by atoms with Crippen molar-refractivity contribution in [3.63, 3.8) is 0 Å². The standard InChI is InChI=1S/C16H21NO3/c1-10(2)11(3)17(4)9-13-12-7-5-6-8-14(12)20-15(13)16(18)19/h5-8,10-11H,9H2,1-4H3,(H,18,19). The minimum absolute atomic E-state index is 0.0500. The zero-order valence-corrected chi connectivity index (χ0v) is 12.4. The second-order valence-corrected chi connectivity index (χ2v) is 5.61. The Bertz CT molecular complexity index is 615. The second-order valence-electron chi connectivity index (χ2n) is 5.61. The van der Waals surface area contributed by atoms with Crippen LogP contribution in [-0.2, 0) is 6.54 Å². The molecule has 1 atom stereocenters. The average molecular weight is 275 g/mol. The summed E-state index contributed by atoms with van der Waals surface area (Å²) in [5.74, 6) is -0.456. The van der Waals surface area contributed by atoms with E-state index in [1.165, 1.54) is 0 Å². The van der Waals surface area contributed by atoms with Crippen molar-refractivity contribution >= 4 is 16.9 Å². The lowest BCUT2D eigenvalue weighted by molar-refractivity contribution is 0.0661. The molecule has 0 saturated heterocycles. The number of rotatable bonds is 5. The Morgan fingerprint density at radius 2 is 1.95 bits per heavy atom. The van der Waals surface area contributed by atoms with Crippen molar-refractivity contribution in [2.24, 2.45) is 5.92 Å². The van der Waals surface area contributed by atoms with Crippen LogP contribution in [0.4, 0.5) is 0 Å². The Morgan fingerprint density at radius 3 is 2.55 bits per heavy atom. The number of carbonyl (C=O) groups is 1. The largest absolute Gasteiger partial charge is 0.475 e. The molecule has 0 aliphatic heterocycles. The molecule has 1 aromatic carbocycles. The number of para-hydroxylation sites is 1. The summed E-state index contributed by atoms with van der Waals surface area (Å²) >= 11 is 0. The van der Waals surface area contributed by atoms with Crippen molar-refractivity contribution in [3.8, 4) is 0 Å². The van der Waals surface area contributed by atoms with E-state index < -0.39 is 5.97 Å². The molecule has 0 aliphatic rings. The SMILES string of the molecule is CC(C)C(C)N(C)Cc1c(C(=O)O)oc2ccccc12. The van der Waals surface area contributed by atoms with Crippen molar-refractivity contribution < 1.29 is 14.3 Å². The molecular formula is C16H21NO3. The monoisotopic (exact) mass is 275 g/mol. The molecule has 0 radical (unpaired) electrons. The summed E-state index contributed by atoms with van der Waals surface area (Å²) in [6.45, 7) is 7.03. The van der Waals surface area contributed by atoms with Gasteiger partial charge in [-0.2, -0.15) is 0 Å². The van der Waals surface area contributed by atoms with E-state index in [0.29, 0.717) is 24.1 Å². The first-order valence-corrected chi connectivity index (χ1v) is 6.85. The van der Waals surface area contributed by atoms with Gasteiger partial charge in [-0.25, -0.2) is 4.79 Å².